The first-order chi connectivity index (χ1) is 8.71. The van der Waals surface area contributed by atoms with Crippen LogP contribution in [0, 0.1) is 5.92 Å². The molecule has 1 heterocycles. The Morgan fingerprint density at radius 3 is 3.06 bits per heavy atom. The number of urea groups is 1. The van der Waals surface area contributed by atoms with E-state index in [9.17, 15) is 4.79 Å². The molecule has 0 spiro atoms. The topological polar surface area (TPSA) is 100 Å². The van der Waals surface area contributed by atoms with Crippen LogP contribution in [0.1, 0.15) is 19.2 Å². The summed E-state index contributed by atoms with van der Waals surface area (Å²) in [5, 5.41) is 17.9. The van der Waals surface area contributed by atoms with E-state index >= 15 is 0 Å². The third-order valence-corrected chi connectivity index (χ3v) is 2.73. The number of nitrogens with one attached hydrogen (secondary N) is 2. The molecular formula is C11H16N4O3. The van der Waals surface area contributed by atoms with Crippen molar-refractivity contribution in [2.45, 2.75) is 25.8 Å². The van der Waals surface area contributed by atoms with Crippen molar-refractivity contribution in [2.24, 2.45) is 5.92 Å². The Morgan fingerprint density at radius 1 is 1.61 bits per heavy atom. The van der Waals surface area contributed by atoms with Gasteiger partial charge in [0, 0.05) is 25.0 Å². The monoisotopic (exact) mass is 252 g/mol. The van der Waals surface area contributed by atoms with Crippen molar-refractivity contribution >= 4 is 12.0 Å². The lowest BCUT2D eigenvalue weighted by molar-refractivity contribution is 0.238. The summed E-state index contributed by atoms with van der Waals surface area (Å²) in [6.45, 7) is 1.99. The maximum Gasteiger partial charge on any atom is 0.329 e. The first-order valence-electron chi connectivity index (χ1n) is 5.90. The average molecular weight is 252 g/mol. The van der Waals surface area contributed by atoms with Crippen molar-refractivity contribution in [3.8, 4) is 0 Å². The predicted molar refractivity (Wildman–Crippen MR) is 64.0 cm³/mol. The van der Waals surface area contributed by atoms with Gasteiger partial charge in [0.1, 0.15) is 0 Å². The van der Waals surface area contributed by atoms with Gasteiger partial charge >= 0.3 is 12.0 Å². The van der Waals surface area contributed by atoms with Crippen LogP contribution < -0.4 is 10.6 Å². The number of hydrogen-bond donors (Lipinski definition) is 3. The van der Waals surface area contributed by atoms with E-state index < -0.39 is 6.03 Å². The number of hydrogen-bond acceptors (Lipinski definition) is 5. The van der Waals surface area contributed by atoms with Crippen LogP contribution in [0.15, 0.2) is 16.7 Å². The van der Waals surface area contributed by atoms with Crippen molar-refractivity contribution in [3.63, 3.8) is 0 Å². The van der Waals surface area contributed by atoms with Gasteiger partial charge in [0.15, 0.2) is 5.82 Å². The summed E-state index contributed by atoms with van der Waals surface area (Å²) in [4.78, 5) is 15.6. The fourth-order valence-corrected chi connectivity index (χ4v) is 1.77. The summed E-state index contributed by atoms with van der Waals surface area (Å²) >= 11 is 0. The molecule has 0 saturated heterocycles. The van der Waals surface area contributed by atoms with E-state index in [0.717, 1.165) is 0 Å². The molecule has 3 N–H and O–H groups in total. The number of carbonyl (C=O) groups excluding carboxylic acids is 1. The van der Waals surface area contributed by atoms with Gasteiger partial charge < -0.3 is 14.9 Å². The molecule has 0 fully saturated rings. The largest absolute Gasteiger partial charge is 0.396 e. The number of anilines is 1. The smallest absolute Gasteiger partial charge is 0.329 e. The molecule has 98 valence electrons. The standard InChI is InChI=1S/C11H16N4O3/c1-2-9-13-11(18-15-9)14-10(17)12-8-4-3-7(5-8)6-16/h3-4,7-8,16H,2,5-6H2,1H3,(H2,12,13,14,15,17)/t7-,8+/m0/s1. The fraction of sp³-hybridized carbons (Fsp3) is 0.545. The van der Waals surface area contributed by atoms with Crippen LogP contribution in [0.3, 0.4) is 0 Å². The summed E-state index contributed by atoms with van der Waals surface area (Å²) in [5.74, 6) is 0.664. The summed E-state index contributed by atoms with van der Waals surface area (Å²) in [6.07, 6.45) is 5.11. The zero-order chi connectivity index (χ0) is 13.0. The van der Waals surface area contributed by atoms with Crippen molar-refractivity contribution in [1.29, 1.82) is 0 Å². The lowest BCUT2D eigenvalue weighted by Crippen LogP contribution is -2.36. The van der Waals surface area contributed by atoms with E-state index in [1.54, 1.807) is 0 Å². The van der Waals surface area contributed by atoms with E-state index in [1.807, 2.05) is 19.1 Å². The molecular weight excluding hydrogens is 236 g/mol. The Labute approximate surface area is 104 Å². The first kappa shape index (κ1) is 12.6. The van der Waals surface area contributed by atoms with E-state index in [0.29, 0.717) is 18.7 Å². The lowest BCUT2D eigenvalue weighted by atomic mass is 10.1. The Kier molecular flexibility index (Phi) is 3.93. The number of carbonyl (C=O) groups is 1. The molecule has 1 aliphatic rings. The van der Waals surface area contributed by atoms with Crippen molar-refractivity contribution in [2.75, 3.05) is 11.9 Å². The summed E-state index contributed by atoms with van der Waals surface area (Å²) in [6, 6.07) is -0.379. The number of aromatic nitrogens is 2. The highest BCUT2D eigenvalue weighted by Gasteiger charge is 2.20. The molecule has 0 saturated carbocycles. The lowest BCUT2D eigenvalue weighted by Gasteiger charge is -2.11. The summed E-state index contributed by atoms with van der Waals surface area (Å²) < 4.78 is 4.84. The molecule has 1 aromatic heterocycles. The van der Waals surface area contributed by atoms with Gasteiger partial charge in [-0.3, -0.25) is 5.32 Å². The Balaban J connectivity index is 1.80. The SMILES string of the molecule is CCc1noc(NC(=O)N[C@@H]2C=C[C@H](CO)C2)n1. The van der Waals surface area contributed by atoms with E-state index in [-0.39, 0.29) is 24.6 Å². The van der Waals surface area contributed by atoms with Crippen molar-refractivity contribution in [3.05, 3.63) is 18.0 Å². The molecule has 2 rings (SSSR count). The number of nitrogens with zero attached hydrogens (tertiary/aromatic N) is 2. The average Bonchev–Trinajstić information content (AvgIpc) is 2.98. The molecule has 18 heavy (non-hydrogen) atoms. The number of rotatable bonds is 4. The highest BCUT2D eigenvalue weighted by Crippen LogP contribution is 2.17. The van der Waals surface area contributed by atoms with Crippen LogP contribution in [0.2, 0.25) is 0 Å². The van der Waals surface area contributed by atoms with Gasteiger partial charge in [-0.05, 0) is 6.42 Å². The second-order valence-electron chi connectivity index (χ2n) is 4.14. The quantitative estimate of drug-likeness (QED) is 0.684. The van der Waals surface area contributed by atoms with Gasteiger partial charge in [-0.1, -0.05) is 24.2 Å². The minimum absolute atomic E-state index is 0.0734. The molecule has 0 radical (unpaired) electrons. The van der Waals surface area contributed by atoms with Crippen LogP contribution >= 0.6 is 0 Å². The third kappa shape index (κ3) is 3.07. The number of aliphatic hydroxyl groups excluding tert-OH is 1. The van der Waals surface area contributed by atoms with Crippen molar-refractivity contribution < 1.29 is 14.4 Å². The summed E-state index contributed by atoms with van der Waals surface area (Å²) in [7, 11) is 0. The van der Waals surface area contributed by atoms with E-state index in [2.05, 4.69) is 20.8 Å². The third-order valence-electron chi connectivity index (χ3n) is 2.73. The minimum atomic E-state index is -0.394. The van der Waals surface area contributed by atoms with Crippen molar-refractivity contribution in [1.82, 2.24) is 15.5 Å². The van der Waals surface area contributed by atoms with Gasteiger partial charge in [-0.15, -0.1) is 0 Å². The Morgan fingerprint density at radius 2 is 2.44 bits per heavy atom. The van der Waals surface area contributed by atoms with Gasteiger partial charge in [0.25, 0.3) is 0 Å². The zero-order valence-corrected chi connectivity index (χ0v) is 10.1. The van der Waals surface area contributed by atoms with Gasteiger partial charge in [-0.2, -0.15) is 4.98 Å². The van der Waals surface area contributed by atoms with Crippen LogP contribution in [0.25, 0.3) is 0 Å². The maximum atomic E-state index is 11.6. The number of amides is 2. The Bertz CT molecular complexity index is 443. The van der Waals surface area contributed by atoms with Crippen LogP contribution in [-0.4, -0.2) is 33.9 Å². The van der Waals surface area contributed by atoms with E-state index in [4.69, 9.17) is 9.63 Å². The summed E-state index contributed by atoms with van der Waals surface area (Å²) in [5.41, 5.74) is 0. The normalized spacial score (nSPS) is 22.1. The minimum Gasteiger partial charge on any atom is -0.396 e. The highest BCUT2D eigenvalue weighted by molar-refractivity contribution is 5.87. The molecule has 2 amide bonds. The van der Waals surface area contributed by atoms with Gasteiger partial charge in [0.05, 0.1) is 0 Å². The van der Waals surface area contributed by atoms with Crippen LogP contribution in [-0.2, 0) is 6.42 Å². The number of aliphatic hydroxyl groups is 1. The van der Waals surface area contributed by atoms with E-state index in [1.165, 1.54) is 0 Å². The fourth-order valence-electron chi connectivity index (χ4n) is 1.77. The molecule has 0 bridgehead atoms. The van der Waals surface area contributed by atoms with Crippen LogP contribution in [0.4, 0.5) is 10.8 Å². The molecule has 1 aromatic rings. The highest BCUT2D eigenvalue weighted by atomic mass is 16.5. The second kappa shape index (κ2) is 5.63. The zero-order valence-electron chi connectivity index (χ0n) is 10.1. The van der Waals surface area contributed by atoms with Gasteiger partial charge in [-0.25, -0.2) is 4.79 Å². The second-order valence-corrected chi connectivity index (χ2v) is 4.14. The van der Waals surface area contributed by atoms with Gasteiger partial charge in [0.2, 0.25) is 0 Å². The molecule has 0 unspecified atom stereocenters. The maximum absolute atomic E-state index is 11.6. The molecule has 0 aliphatic heterocycles. The first-order valence-corrected chi connectivity index (χ1v) is 5.90. The number of aryl methyl sites for hydroxylation is 1. The molecule has 1 aliphatic carbocycles. The molecule has 7 nitrogen and oxygen atoms in total. The molecule has 7 heteroatoms. The molecule has 0 aromatic carbocycles. The predicted octanol–water partition coefficient (Wildman–Crippen LogP) is 0.690. The van der Waals surface area contributed by atoms with Crippen LogP contribution in [0.5, 0.6) is 0 Å². The Hall–Kier alpha value is -1.89. The molecule has 2 atom stereocenters.